The van der Waals surface area contributed by atoms with Crippen molar-refractivity contribution in [1.82, 2.24) is 10.2 Å². The summed E-state index contributed by atoms with van der Waals surface area (Å²) >= 11 is 0. The first-order valence-corrected chi connectivity index (χ1v) is 21.4. The Morgan fingerprint density at radius 3 is 1.27 bits per heavy atom. The quantitative estimate of drug-likeness (QED) is 0.0522. The molecule has 0 radical (unpaired) electrons. The van der Waals surface area contributed by atoms with E-state index in [1.807, 2.05) is 0 Å². The molecule has 0 saturated carbocycles. The second kappa shape index (κ2) is 40.0. The molecule has 0 rings (SSSR count). The number of unbranched alkanes of at least 4 members (excludes halogenated alkanes) is 22. The number of Topliss-reactive ketones (excluding diaryl/α,β-unsaturated/α-hetero) is 1. The van der Waals surface area contributed by atoms with E-state index < -0.39 is 0 Å². The lowest BCUT2D eigenvalue weighted by molar-refractivity contribution is -0.121. The molecule has 0 aromatic heterocycles. The lowest BCUT2D eigenvalue weighted by Gasteiger charge is -2.21. The Bertz CT molecular complexity index is 673. The summed E-state index contributed by atoms with van der Waals surface area (Å²) in [5, 5.41) is 3.13. The van der Waals surface area contributed by atoms with Crippen LogP contribution in [0.5, 0.6) is 0 Å². The Balaban J connectivity index is 3.63. The van der Waals surface area contributed by atoms with Crippen LogP contribution in [-0.2, 0) is 9.59 Å². The normalized spacial score (nSPS) is 11.8. The predicted octanol–water partition coefficient (Wildman–Crippen LogP) is 13.2. The van der Waals surface area contributed by atoms with Gasteiger partial charge in [0.2, 0.25) is 5.91 Å². The molecule has 0 aliphatic rings. The Morgan fingerprint density at radius 2 is 0.812 bits per heavy atom. The summed E-state index contributed by atoms with van der Waals surface area (Å²) in [5.74, 6) is 0.622. The molecule has 0 saturated heterocycles. The zero-order chi connectivity index (χ0) is 35.0. The number of carbonyl (C=O) groups excluding carboxylic acids is 2. The van der Waals surface area contributed by atoms with Crippen LogP contribution in [0.15, 0.2) is 24.3 Å². The van der Waals surface area contributed by atoms with Crippen LogP contribution in [0.3, 0.4) is 0 Å². The van der Waals surface area contributed by atoms with Crippen LogP contribution in [0.25, 0.3) is 0 Å². The molecule has 1 N–H and O–H groups in total. The molecule has 0 aliphatic carbocycles. The van der Waals surface area contributed by atoms with Crippen LogP contribution >= 0.6 is 0 Å². The maximum Gasteiger partial charge on any atom is 0.220 e. The monoisotopic (exact) mass is 673 g/mol. The average Bonchev–Trinajstić information content (AvgIpc) is 3.08. The van der Waals surface area contributed by atoms with Crippen LogP contribution in [-0.4, -0.2) is 42.8 Å². The van der Waals surface area contributed by atoms with E-state index in [0.717, 1.165) is 58.2 Å². The number of allylic oxidation sites excluding steroid dienone is 4. The maximum atomic E-state index is 12.4. The first-order chi connectivity index (χ1) is 23.6. The number of nitrogens with zero attached hydrogens (tertiary/aromatic N) is 1. The van der Waals surface area contributed by atoms with Crippen LogP contribution in [0.4, 0.5) is 0 Å². The van der Waals surface area contributed by atoms with Crippen molar-refractivity contribution in [2.45, 2.75) is 220 Å². The van der Waals surface area contributed by atoms with E-state index in [-0.39, 0.29) is 5.91 Å². The Hall–Kier alpha value is -1.42. The fraction of sp³-hybridized carbons (Fsp3) is 0.864. The van der Waals surface area contributed by atoms with Gasteiger partial charge >= 0.3 is 0 Å². The van der Waals surface area contributed by atoms with Gasteiger partial charge in [-0.1, -0.05) is 148 Å². The summed E-state index contributed by atoms with van der Waals surface area (Å²) in [6.07, 6.45) is 47.1. The molecule has 282 valence electrons. The second-order valence-corrected chi connectivity index (χ2v) is 14.5. The zero-order valence-corrected chi connectivity index (χ0v) is 32.8. The van der Waals surface area contributed by atoms with Gasteiger partial charge in [-0.15, -0.1) is 0 Å². The molecule has 0 unspecified atom stereocenters. The van der Waals surface area contributed by atoms with Gasteiger partial charge in [0.25, 0.3) is 0 Å². The molecule has 0 aromatic carbocycles. The summed E-state index contributed by atoms with van der Waals surface area (Å²) in [5.41, 5.74) is 0. The van der Waals surface area contributed by atoms with E-state index in [1.165, 1.54) is 148 Å². The molecule has 4 heteroatoms. The van der Waals surface area contributed by atoms with E-state index >= 15 is 0 Å². The van der Waals surface area contributed by atoms with E-state index in [9.17, 15) is 9.59 Å². The third kappa shape index (κ3) is 37.4. The largest absolute Gasteiger partial charge is 0.355 e. The minimum atomic E-state index is 0.194. The van der Waals surface area contributed by atoms with Gasteiger partial charge in [0.1, 0.15) is 5.78 Å². The van der Waals surface area contributed by atoms with E-state index in [2.05, 4.69) is 55.3 Å². The van der Waals surface area contributed by atoms with Gasteiger partial charge in [0.15, 0.2) is 0 Å². The summed E-state index contributed by atoms with van der Waals surface area (Å²) < 4.78 is 0. The molecule has 0 atom stereocenters. The summed E-state index contributed by atoms with van der Waals surface area (Å²) in [4.78, 5) is 27.1. The molecule has 4 nitrogen and oxygen atoms in total. The minimum absolute atomic E-state index is 0.194. The number of carbonyl (C=O) groups is 2. The van der Waals surface area contributed by atoms with Gasteiger partial charge in [-0.2, -0.15) is 0 Å². The van der Waals surface area contributed by atoms with Gasteiger partial charge in [-0.3, -0.25) is 9.59 Å². The number of ketones is 1. The highest BCUT2D eigenvalue weighted by Crippen LogP contribution is 2.12. The first-order valence-electron chi connectivity index (χ1n) is 21.4. The van der Waals surface area contributed by atoms with E-state index in [4.69, 9.17) is 0 Å². The van der Waals surface area contributed by atoms with Crippen molar-refractivity contribution in [3.05, 3.63) is 24.3 Å². The van der Waals surface area contributed by atoms with Crippen molar-refractivity contribution in [3.63, 3.8) is 0 Å². The van der Waals surface area contributed by atoms with Crippen molar-refractivity contribution in [2.75, 3.05) is 26.2 Å². The molecule has 48 heavy (non-hydrogen) atoms. The molecule has 0 bridgehead atoms. The van der Waals surface area contributed by atoms with Crippen molar-refractivity contribution in [3.8, 4) is 0 Å². The highest BCUT2D eigenvalue weighted by atomic mass is 16.1. The average molecular weight is 673 g/mol. The Kier molecular flexibility index (Phi) is 38.8. The highest BCUT2D eigenvalue weighted by molar-refractivity contribution is 5.78. The SMILES string of the molecule is CCCCCCCC/C=C\CCCCCCCC(=O)CCCN(CCC)CCNC(=O)CCCCCCC/C=C\CCCCCCCC. The lowest BCUT2D eigenvalue weighted by Crippen LogP contribution is -2.36. The predicted molar refractivity (Wildman–Crippen MR) is 213 cm³/mol. The third-order valence-electron chi connectivity index (χ3n) is 9.60. The van der Waals surface area contributed by atoms with Gasteiger partial charge in [-0.05, 0) is 90.1 Å². The second-order valence-electron chi connectivity index (χ2n) is 14.5. The standard InChI is InChI=1S/C44H84N2O2/c1-4-7-9-11-13-15-17-19-21-23-25-27-29-31-33-36-43(47)37-35-41-46(40-6-3)42-39-45-44(48)38-34-32-30-28-26-24-22-20-18-16-14-12-10-8-5-2/h19-22H,4-18,23-42H2,1-3H3,(H,45,48)/b21-19-,22-20-. The summed E-state index contributed by atoms with van der Waals surface area (Å²) in [6, 6.07) is 0. The molecule has 0 heterocycles. The summed E-state index contributed by atoms with van der Waals surface area (Å²) in [7, 11) is 0. The number of hydrogen-bond acceptors (Lipinski definition) is 3. The van der Waals surface area contributed by atoms with Crippen LogP contribution in [0.1, 0.15) is 220 Å². The van der Waals surface area contributed by atoms with Crippen LogP contribution < -0.4 is 5.32 Å². The van der Waals surface area contributed by atoms with Crippen molar-refractivity contribution in [2.24, 2.45) is 0 Å². The third-order valence-corrected chi connectivity index (χ3v) is 9.60. The first kappa shape index (κ1) is 46.6. The maximum absolute atomic E-state index is 12.4. The fourth-order valence-corrected chi connectivity index (χ4v) is 6.47. The van der Waals surface area contributed by atoms with Gasteiger partial charge < -0.3 is 10.2 Å². The van der Waals surface area contributed by atoms with Crippen molar-refractivity contribution >= 4 is 11.7 Å². The van der Waals surface area contributed by atoms with Crippen LogP contribution in [0.2, 0.25) is 0 Å². The van der Waals surface area contributed by atoms with Crippen molar-refractivity contribution < 1.29 is 9.59 Å². The molecular weight excluding hydrogens is 588 g/mol. The van der Waals surface area contributed by atoms with Gasteiger partial charge in [-0.25, -0.2) is 0 Å². The topological polar surface area (TPSA) is 49.4 Å². The molecular formula is C44H84N2O2. The minimum Gasteiger partial charge on any atom is -0.355 e. The zero-order valence-electron chi connectivity index (χ0n) is 32.8. The van der Waals surface area contributed by atoms with E-state index in [1.54, 1.807) is 0 Å². The lowest BCUT2D eigenvalue weighted by atomic mass is 10.0. The molecule has 0 spiro atoms. The van der Waals surface area contributed by atoms with Crippen molar-refractivity contribution in [1.29, 1.82) is 0 Å². The Labute approximate surface area is 301 Å². The van der Waals surface area contributed by atoms with E-state index in [0.29, 0.717) is 25.2 Å². The number of hydrogen-bond donors (Lipinski definition) is 1. The summed E-state index contributed by atoms with van der Waals surface area (Å²) in [6.45, 7) is 10.3. The molecule has 1 amide bonds. The number of rotatable bonds is 39. The molecule has 0 fully saturated rings. The molecule has 0 aliphatic heterocycles. The highest BCUT2D eigenvalue weighted by Gasteiger charge is 2.08. The number of amides is 1. The molecule has 0 aromatic rings. The smallest absolute Gasteiger partial charge is 0.220 e. The fourth-order valence-electron chi connectivity index (χ4n) is 6.47. The van der Waals surface area contributed by atoms with Gasteiger partial charge in [0, 0.05) is 32.4 Å². The van der Waals surface area contributed by atoms with Gasteiger partial charge in [0.05, 0.1) is 0 Å². The Morgan fingerprint density at radius 1 is 0.417 bits per heavy atom. The van der Waals surface area contributed by atoms with Crippen LogP contribution in [0, 0.1) is 0 Å². The number of nitrogens with one attached hydrogen (secondary N) is 1.